The van der Waals surface area contributed by atoms with Crippen LogP contribution in [0.25, 0.3) is 0 Å². The van der Waals surface area contributed by atoms with Gasteiger partial charge < -0.3 is 0 Å². The van der Waals surface area contributed by atoms with Crippen LogP contribution >= 0.6 is 0 Å². The van der Waals surface area contributed by atoms with Crippen LogP contribution < -0.4 is 9.20 Å². The summed E-state index contributed by atoms with van der Waals surface area (Å²) in [5.41, 5.74) is -0.0355. The van der Waals surface area contributed by atoms with Crippen molar-refractivity contribution in [2.45, 2.75) is 72.6 Å². The molecule has 114 valence electrons. The Labute approximate surface area is 127 Å². The molecule has 3 heteroatoms. The average Bonchev–Trinajstić information content (AvgIpc) is 2.48. The van der Waals surface area contributed by atoms with Gasteiger partial charge in [-0.15, -0.1) is 0 Å². The average molecular weight is 385 g/mol. The number of rotatable bonds is 10. The van der Waals surface area contributed by atoms with Crippen molar-refractivity contribution < 1.29 is 4.42 Å². The van der Waals surface area contributed by atoms with Crippen molar-refractivity contribution in [3.63, 3.8) is 0 Å². The Balaban J connectivity index is 3.12. The van der Waals surface area contributed by atoms with E-state index in [-0.39, 0.29) is 5.63 Å². The van der Waals surface area contributed by atoms with E-state index in [1.165, 1.54) is 58.1 Å². The number of unbranched alkanes of at least 4 members (excludes halogenated alkanes) is 3. The molecule has 0 radical (unpaired) electrons. The quantitative estimate of drug-likeness (QED) is 0.547. The van der Waals surface area contributed by atoms with Crippen molar-refractivity contribution in [3.05, 3.63) is 28.8 Å². The first-order chi connectivity index (χ1) is 9.70. The predicted molar refractivity (Wildman–Crippen MR) is 89.5 cm³/mol. The van der Waals surface area contributed by atoms with Crippen LogP contribution in [0.1, 0.15) is 59.3 Å². The Hall–Kier alpha value is -0.251. The maximum atomic E-state index is 12.2. The van der Waals surface area contributed by atoms with Gasteiger partial charge in [0.1, 0.15) is 0 Å². The summed E-state index contributed by atoms with van der Waals surface area (Å²) >= 11 is -2.56. The fourth-order valence-corrected chi connectivity index (χ4v) is 19.0. The summed E-state index contributed by atoms with van der Waals surface area (Å²) in [6, 6.07) is 4.01. The summed E-state index contributed by atoms with van der Waals surface area (Å²) in [5, 5.41) is 0. The number of hydrogen-bond donors (Lipinski definition) is 0. The molecule has 20 heavy (non-hydrogen) atoms. The van der Waals surface area contributed by atoms with Crippen molar-refractivity contribution in [3.8, 4) is 0 Å². The van der Waals surface area contributed by atoms with Crippen molar-refractivity contribution in [2.24, 2.45) is 0 Å². The standard InChI is InChI=1S/C5H3O2.3C4H9.Sn/c6-5-3-1-2-4-7-5;3*1-3-4-2;/h1-2,4H;3*1,3-4H2,2H3;. The van der Waals surface area contributed by atoms with Crippen LogP contribution in [-0.2, 0) is 0 Å². The SMILES string of the molecule is CCC[CH2][Sn]([CH2]CCC)([CH2]CCC)[c]1cccoc1=O. The zero-order valence-corrected chi connectivity index (χ0v) is 16.3. The van der Waals surface area contributed by atoms with Gasteiger partial charge in [-0.3, -0.25) is 0 Å². The predicted octanol–water partition coefficient (Wildman–Crippen LogP) is 4.70. The third kappa shape index (κ3) is 4.94. The Kier molecular flexibility index (Phi) is 8.58. The van der Waals surface area contributed by atoms with Crippen LogP contribution in [0, 0.1) is 0 Å². The van der Waals surface area contributed by atoms with E-state index in [0.717, 1.165) is 3.58 Å². The first-order valence-electron chi connectivity index (χ1n) is 8.28. The van der Waals surface area contributed by atoms with E-state index in [1.807, 2.05) is 6.07 Å². The van der Waals surface area contributed by atoms with E-state index in [9.17, 15) is 4.79 Å². The molecule has 0 saturated carbocycles. The molecule has 0 aromatic carbocycles. The summed E-state index contributed by atoms with van der Waals surface area (Å²) in [5.74, 6) is 0. The van der Waals surface area contributed by atoms with Gasteiger partial charge in [0, 0.05) is 0 Å². The van der Waals surface area contributed by atoms with Crippen LogP contribution in [0.2, 0.25) is 13.3 Å². The molecule has 1 rings (SSSR count). The minimum atomic E-state index is -2.56. The summed E-state index contributed by atoms with van der Waals surface area (Å²) in [6.07, 6.45) is 9.05. The van der Waals surface area contributed by atoms with E-state index in [0.29, 0.717) is 0 Å². The molecule has 0 bridgehead atoms. The van der Waals surface area contributed by atoms with Crippen LogP contribution in [-0.4, -0.2) is 18.4 Å². The fourth-order valence-electron chi connectivity index (χ4n) is 3.09. The Bertz CT molecular complexity index is 403. The summed E-state index contributed by atoms with van der Waals surface area (Å²) in [7, 11) is 0. The molecule has 0 N–H and O–H groups in total. The van der Waals surface area contributed by atoms with Crippen LogP contribution in [0.15, 0.2) is 27.6 Å². The van der Waals surface area contributed by atoms with Gasteiger partial charge in [0.25, 0.3) is 0 Å². The Morgan fingerprint density at radius 1 is 0.950 bits per heavy atom. The van der Waals surface area contributed by atoms with Crippen molar-refractivity contribution >= 4 is 22.0 Å². The molecule has 0 fully saturated rings. The fraction of sp³-hybridized carbons (Fsp3) is 0.706. The normalized spacial score (nSPS) is 11.8. The van der Waals surface area contributed by atoms with Gasteiger partial charge in [-0.05, 0) is 0 Å². The van der Waals surface area contributed by atoms with Gasteiger partial charge in [0.15, 0.2) is 0 Å². The van der Waals surface area contributed by atoms with Gasteiger partial charge in [0.2, 0.25) is 0 Å². The van der Waals surface area contributed by atoms with E-state index in [2.05, 4.69) is 26.8 Å². The van der Waals surface area contributed by atoms with Gasteiger partial charge in [-0.2, -0.15) is 0 Å². The third-order valence-electron chi connectivity index (χ3n) is 4.33. The molecule has 1 aromatic rings. The van der Waals surface area contributed by atoms with Crippen molar-refractivity contribution in [1.29, 1.82) is 0 Å². The topological polar surface area (TPSA) is 30.2 Å². The molecular weight excluding hydrogens is 355 g/mol. The summed E-state index contributed by atoms with van der Waals surface area (Å²) in [4.78, 5) is 12.2. The molecule has 0 amide bonds. The van der Waals surface area contributed by atoms with Crippen LogP contribution in [0.3, 0.4) is 0 Å². The zero-order valence-electron chi connectivity index (χ0n) is 13.4. The first kappa shape index (κ1) is 17.8. The molecule has 0 aliphatic carbocycles. The van der Waals surface area contributed by atoms with Crippen LogP contribution in [0.4, 0.5) is 0 Å². The third-order valence-corrected chi connectivity index (χ3v) is 19.9. The molecule has 0 atom stereocenters. The number of hydrogen-bond acceptors (Lipinski definition) is 2. The van der Waals surface area contributed by atoms with Gasteiger partial charge >= 0.3 is 128 Å². The van der Waals surface area contributed by atoms with E-state index < -0.39 is 18.4 Å². The van der Waals surface area contributed by atoms with E-state index in [4.69, 9.17) is 4.42 Å². The van der Waals surface area contributed by atoms with Gasteiger partial charge in [-0.25, -0.2) is 0 Å². The van der Waals surface area contributed by atoms with Gasteiger partial charge in [0.05, 0.1) is 0 Å². The molecule has 1 heterocycles. The van der Waals surface area contributed by atoms with E-state index >= 15 is 0 Å². The van der Waals surface area contributed by atoms with Crippen LogP contribution in [0.5, 0.6) is 0 Å². The molecular formula is C17H30O2Sn. The first-order valence-corrected chi connectivity index (χ1v) is 15.8. The second kappa shape index (κ2) is 9.64. The molecule has 0 saturated heterocycles. The Morgan fingerprint density at radius 3 is 1.85 bits per heavy atom. The maximum absolute atomic E-state index is 12.2. The summed E-state index contributed by atoms with van der Waals surface area (Å²) in [6.45, 7) is 6.76. The second-order valence-corrected chi connectivity index (χ2v) is 19.0. The minimum absolute atomic E-state index is 0.0355. The van der Waals surface area contributed by atoms with E-state index in [1.54, 1.807) is 0 Å². The molecule has 0 unspecified atom stereocenters. The summed E-state index contributed by atoms with van der Waals surface area (Å²) < 4.78 is 10.3. The molecule has 0 aliphatic rings. The zero-order chi connectivity index (χ0) is 14.8. The monoisotopic (exact) mass is 386 g/mol. The Morgan fingerprint density at radius 2 is 1.45 bits per heavy atom. The van der Waals surface area contributed by atoms with Gasteiger partial charge in [-0.1, -0.05) is 0 Å². The molecule has 0 spiro atoms. The van der Waals surface area contributed by atoms with Crippen molar-refractivity contribution in [2.75, 3.05) is 0 Å². The molecule has 0 aliphatic heterocycles. The van der Waals surface area contributed by atoms with Crippen molar-refractivity contribution in [1.82, 2.24) is 0 Å². The second-order valence-electron chi connectivity index (χ2n) is 5.91. The molecule has 1 aromatic heterocycles. The molecule has 2 nitrogen and oxygen atoms in total.